The first-order chi connectivity index (χ1) is 15.5. The van der Waals surface area contributed by atoms with E-state index in [1.165, 1.54) is 0 Å². The number of nitrogens with zero attached hydrogens (tertiary/aromatic N) is 3. The Labute approximate surface area is 204 Å². The molecule has 7 nitrogen and oxygen atoms in total. The Kier molecular flexibility index (Phi) is 6.83. The number of amides is 3. The number of ether oxygens (including phenoxy) is 1. The van der Waals surface area contributed by atoms with Gasteiger partial charge in [0.2, 0.25) is 11.8 Å². The molecule has 9 heteroatoms. The van der Waals surface area contributed by atoms with E-state index in [2.05, 4.69) is 0 Å². The summed E-state index contributed by atoms with van der Waals surface area (Å²) >= 11 is 12.6. The van der Waals surface area contributed by atoms with Crippen molar-refractivity contribution >= 4 is 41.1 Å². The second-order valence-electron chi connectivity index (χ2n) is 10.4. The Morgan fingerprint density at radius 3 is 2.18 bits per heavy atom. The lowest BCUT2D eigenvalue weighted by atomic mass is 9.84. The lowest BCUT2D eigenvalue weighted by molar-refractivity contribution is -0.145. The van der Waals surface area contributed by atoms with Crippen LogP contribution in [0.1, 0.15) is 45.6 Å². The molecule has 0 spiro atoms. The van der Waals surface area contributed by atoms with Crippen LogP contribution in [0.15, 0.2) is 18.2 Å². The Morgan fingerprint density at radius 1 is 1.03 bits per heavy atom. The van der Waals surface area contributed by atoms with Gasteiger partial charge in [0.05, 0.1) is 0 Å². The van der Waals surface area contributed by atoms with Crippen LogP contribution in [0.4, 0.5) is 4.79 Å². The summed E-state index contributed by atoms with van der Waals surface area (Å²) in [7, 11) is 0. The molecule has 3 heterocycles. The van der Waals surface area contributed by atoms with Crippen LogP contribution < -0.4 is 0 Å². The molecule has 0 aromatic heterocycles. The number of likely N-dealkylation sites (tertiary alicyclic amines) is 3. The van der Waals surface area contributed by atoms with Crippen LogP contribution in [0.5, 0.6) is 0 Å². The smallest absolute Gasteiger partial charge is 0.410 e. The van der Waals surface area contributed by atoms with Crippen molar-refractivity contribution in [2.45, 2.75) is 58.2 Å². The Morgan fingerprint density at radius 2 is 1.61 bits per heavy atom. The minimum absolute atomic E-state index is 0.0237. The van der Waals surface area contributed by atoms with E-state index in [1.807, 2.05) is 25.7 Å². The van der Waals surface area contributed by atoms with Gasteiger partial charge < -0.3 is 19.4 Å². The van der Waals surface area contributed by atoms with Crippen LogP contribution >= 0.6 is 23.2 Å². The molecule has 3 fully saturated rings. The summed E-state index contributed by atoms with van der Waals surface area (Å²) in [6.07, 6.45) is 1.54. The fraction of sp³-hybridized carbons (Fsp3) is 0.625. The number of halogens is 2. The maximum atomic E-state index is 13.5. The van der Waals surface area contributed by atoms with Crippen molar-refractivity contribution in [2.24, 2.45) is 11.8 Å². The monoisotopic (exact) mass is 495 g/mol. The van der Waals surface area contributed by atoms with Crippen molar-refractivity contribution in [1.82, 2.24) is 14.7 Å². The van der Waals surface area contributed by atoms with Gasteiger partial charge in [-0.05, 0) is 57.6 Å². The summed E-state index contributed by atoms with van der Waals surface area (Å²) in [5.41, 5.74) is 0.131. The van der Waals surface area contributed by atoms with Crippen LogP contribution in [0.3, 0.4) is 0 Å². The highest BCUT2D eigenvalue weighted by molar-refractivity contribution is 6.36. The number of hydrogen-bond acceptors (Lipinski definition) is 4. The fourth-order valence-electron chi connectivity index (χ4n) is 5.19. The quantitative estimate of drug-likeness (QED) is 0.629. The molecule has 180 valence electrons. The van der Waals surface area contributed by atoms with Crippen molar-refractivity contribution in [3.63, 3.8) is 0 Å². The van der Waals surface area contributed by atoms with Crippen molar-refractivity contribution in [1.29, 1.82) is 0 Å². The summed E-state index contributed by atoms with van der Waals surface area (Å²) in [5, 5.41) is 0.978. The summed E-state index contributed by atoms with van der Waals surface area (Å²) < 4.78 is 5.54. The predicted octanol–water partition coefficient (Wildman–Crippen LogP) is 4.20. The highest BCUT2D eigenvalue weighted by Gasteiger charge is 2.43. The number of fused-ring (bicyclic) bond motifs is 2. The van der Waals surface area contributed by atoms with Crippen LogP contribution in [-0.2, 0) is 20.9 Å². The summed E-state index contributed by atoms with van der Waals surface area (Å²) in [6, 6.07) is 4.73. The van der Waals surface area contributed by atoms with Gasteiger partial charge in [-0.2, -0.15) is 0 Å². The molecule has 2 bridgehead atoms. The van der Waals surface area contributed by atoms with E-state index in [9.17, 15) is 14.4 Å². The number of piperidine rings is 2. The van der Waals surface area contributed by atoms with Crippen molar-refractivity contribution < 1.29 is 19.1 Å². The third-order valence-corrected chi connectivity index (χ3v) is 7.26. The van der Waals surface area contributed by atoms with Gasteiger partial charge in [0.25, 0.3) is 0 Å². The molecule has 3 atom stereocenters. The van der Waals surface area contributed by atoms with E-state index in [1.54, 1.807) is 28.0 Å². The zero-order chi connectivity index (χ0) is 23.9. The first-order valence-corrected chi connectivity index (χ1v) is 12.3. The molecule has 4 rings (SSSR count). The van der Waals surface area contributed by atoms with Gasteiger partial charge in [0.15, 0.2) is 0 Å². The van der Waals surface area contributed by atoms with Gasteiger partial charge in [-0.15, -0.1) is 0 Å². The van der Waals surface area contributed by atoms with Gasteiger partial charge in [-0.1, -0.05) is 29.3 Å². The summed E-state index contributed by atoms with van der Waals surface area (Å²) in [6.45, 7) is 8.14. The molecule has 0 saturated carbocycles. The number of benzene rings is 1. The Balaban J connectivity index is 1.42. The normalized spacial score (nSPS) is 25.4. The van der Waals surface area contributed by atoms with Gasteiger partial charge >= 0.3 is 6.09 Å². The molecular weight excluding hydrogens is 465 g/mol. The molecule has 1 aromatic rings. The van der Waals surface area contributed by atoms with E-state index in [0.29, 0.717) is 54.6 Å². The molecule has 0 N–H and O–H groups in total. The van der Waals surface area contributed by atoms with E-state index < -0.39 is 11.6 Å². The van der Waals surface area contributed by atoms with Crippen LogP contribution in [0, 0.1) is 11.8 Å². The fourth-order valence-corrected chi connectivity index (χ4v) is 5.71. The number of carbonyl (C=O) groups excluding carboxylic acids is 3. The standard InChI is InChI=1S/C24H31Cl2N3O4/c1-24(2,3)33-23(32)28-12-15-9-16(13-28)11-27(10-15)22(31)20-7-8-21(30)29(20)14-17-18(25)5-4-6-19(17)26/h4-6,15-16,20H,7-14H2,1-3H3. The maximum Gasteiger partial charge on any atom is 0.410 e. The van der Waals surface area contributed by atoms with Gasteiger partial charge in [0.1, 0.15) is 11.6 Å². The largest absolute Gasteiger partial charge is 0.444 e. The van der Waals surface area contributed by atoms with Crippen molar-refractivity contribution in [2.75, 3.05) is 26.2 Å². The summed E-state index contributed by atoms with van der Waals surface area (Å²) in [4.78, 5) is 44.0. The predicted molar refractivity (Wildman–Crippen MR) is 126 cm³/mol. The van der Waals surface area contributed by atoms with E-state index >= 15 is 0 Å². The molecule has 3 unspecified atom stereocenters. The first kappa shape index (κ1) is 24.1. The second kappa shape index (κ2) is 9.34. The van der Waals surface area contributed by atoms with Gasteiger partial charge in [-0.3, -0.25) is 9.59 Å². The third-order valence-electron chi connectivity index (χ3n) is 6.55. The lowest BCUT2D eigenvalue weighted by Crippen LogP contribution is -2.58. The zero-order valence-corrected chi connectivity index (χ0v) is 20.9. The molecule has 0 radical (unpaired) electrons. The number of hydrogen-bond donors (Lipinski definition) is 0. The highest BCUT2D eigenvalue weighted by atomic mass is 35.5. The topological polar surface area (TPSA) is 70.2 Å². The SMILES string of the molecule is CC(C)(C)OC(=O)N1CC2CC(C1)CN(C(=O)C1CCC(=O)N1Cc1c(Cl)cccc1Cl)C2. The van der Waals surface area contributed by atoms with E-state index in [-0.39, 0.29) is 36.3 Å². The lowest BCUT2D eigenvalue weighted by Gasteiger charge is -2.46. The number of rotatable bonds is 3. The Hall–Kier alpha value is -1.99. The number of carbonyl (C=O) groups is 3. The molecule has 3 aliphatic heterocycles. The zero-order valence-electron chi connectivity index (χ0n) is 19.4. The van der Waals surface area contributed by atoms with E-state index in [4.69, 9.17) is 27.9 Å². The second-order valence-corrected chi connectivity index (χ2v) is 11.2. The molecule has 1 aromatic carbocycles. The van der Waals surface area contributed by atoms with Crippen LogP contribution in [0.25, 0.3) is 0 Å². The minimum atomic E-state index is -0.533. The average Bonchev–Trinajstić information content (AvgIpc) is 3.08. The Bertz CT molecular complexity index is 914. The molecule has 33 heavy (non-hydrogen) atoms. The highest BCUT2D eigenvalue weighted by Crippen LogP contribution is 2.33. The van der Waals surface area contributed by atoms with Crippen LogP contribution in [0.2, 0.25) is 10.0 Å². The van der Waals surface area contributed by atoms with Gasteiger partial charge in [0, 0.05) is 54.8 Å². The molecule has 0 aliphatic carbocycles. The van der Waals surface area contributed by atoms with Gasteiger partial charge in [-0.25, -0.2) is 4.79 Å². The van der Waals surface area contributed by atoms with E-state index in [0.717, 1.165) is 6.42 Å². The minimum Gasteiger partial charge on any atom is -0.444 e. The molecule has 3 saturated heterocycles. The first-order valence-electron chi connectivity index (χ1n) is 11.5. The van der Waals surface area contributed by atoms with Crippen LogP contribution in [-0.4, -0.2) is 70.4 Å². The maximum absolute atomic E-state index is 13.5. The average molecular weight is 496 g/mol. The molecule has 3 aliphatic rings. The molecule has 3 amide bonds. The summed E-state index contributed by atoms with van der Waals surface area (Å²) in [5.74, 6) is 0.331. The third kappa shape index (κ3) is 5.40. The van der Waals surface area contributed by atoms with Crippen molar-refractivity contribution in [3.05, 3.63) is 33.8 Å². The van der Waals surface area contributed by atoms with Crippen molar-refractivity contribution in [3.8, 4) is 0 Å². The molecular formula is C24H31Cl2N3O4.